The zero-order valence-electron chi connectivity index (χ0n) is 12.4. The smallest absolute Gasteiger partial charge is 0.269 e. The zero-order valence-corrected chi connectivity index (χ0v) is 13.2. The van der Waals surface area contributed by atoms with Crippen molar-refractivity contribution in [1.82, 2.24) is 10.3 Å². The predicted molar refractivity (Wildman–Crippen MR) is 84.5 cm³/mol. The van der Waals surface area contributed by atoms with Crippen LogP contribution in [0.4, 0.5) is 5.69 Å². The molecule has 1 aromatic heterocycles. The van der Waals surface area contributed by atoms with Gasteiger partial charge in [0.1, 0.15) is 0 Å². The van der Waals surface area contributed by atoms with Gasteiger partial charge in [0.25, 0.3) is 5.69 Å². The second-order valence-corrected chi connectivity index (χ2v) is 7.02. The highest BCUT2D eigenvalue weighted by Gasteiger charge is 2.17. The number of benzene rings is 1. The van der Waals surface area contributed by atoms with Crippen molar-refractivity contribution in [3.8, 4) is 0 Å². The molecule has 0 unspecified atom stereocenters. The van der Waals surface area contributed by atoms with Crippen molar-refractivity contribution in [1.29, 1.82) is 0 Å². The molecule has 1 N–H and O–H groups in total. The highest BCUT2D eigenvalue weighted by molar-refractivity contribution is 7.11. The molecule has 6 heteroatoms. The molecule has 2 aromatic rings. The summed E-state index contributed by atoms with van der Waals surface area (Å²) in [7, 11) is 0. The van der Waals surface area contributed by atoms with E-state index in [-0.39, 0.29) is 16.0 Å². The number of nitro groups is 1. The first kappa shape index (κ1) is 15.6. The number of thiazole rings is 1. The number of hydrogen-bond acceptors (Lipinski definition) is 5. The molecule has 0 bridgehead atoms. The standard InChI is InChI=1S/C15H19N3O2S/c1-15(2,3)14-17-10-13(21-14)9-16-8-11-4-6-12(7-5-11)18(19)20/h4-7,10,16H,8-9H2,1-3H3. The summed E-state index contributed by atoms with van der Waals surface area (Å²) in [5.41, 5.74) is 1.23. The molecule has 5 nitrogen and oxygen atoms in total. The Kier molecular flexibility index (Phi) is 4.69. The van der Waals surface area contributed by atoms with E-state index in [1.54, 1.807) is 23.5 Å². The van der Waals surface area contributed by atoms with E-state index in [1.807, 2.05) is 6.20 Å². The molecule has 0 radical (unpaired) electrons. The number of non-ortho nitro benzene ring substituents is 1. The van der Waals surface area contributed by atoms with Crippen LogP contribution in [0, 0.1) is 10.1 Å². The van der Waals surface area contributed by atoms with Crippen LogP contribution >= 0.6 is 11.3 Å². The van der Waals surface area contributed by atoms with E-state index in [1.165, 1.54) is 17.0 Å². The van der Waals surface area contributed by atoms with Crippen molar-refractivity contribution >= 4 is 17.0 Å². The molecule has 21 heavy (non-hydrogen) atoms. The van der Waals surface area contributed by atoms with E-state index in [4.69, 9.17) is 0 Å². The summed E-state index contributed by atoms with van der Waals surface area (Å²) in [5, 5.41) is 15.0. The average Bonchev–Trinajstić information content (AvgIpc) is 2.88. The number of nitro benzene ring substituents is 1. The van der Waals surface area contributed by atoms with Crippen LogP contribution in [0.2, 0.25) is 0 Å². The van der Waals surface area contributed by atoms with E-state index in [9.17, 15) is 10.1 Å². The minimum atomic E-state index is -0.386. The highest BCUT2D eigenvalue weighted by atomic mass is 32.1. The van der Waals surface area contributed by atoms with E-state index >= 15 is 0 Å². The van der Waals surface area contributed by atoms with Crippen LogP contribution in [0.25, 0.3) is 0 Å². The van der Waals surface area contributed by atoms with Crippen LogP contribution in [0.3, 0.4) is 0 Å². The van der Waals surface area contributed by atoms with Gasteiger partial charge < -0.3 is 5.32 Å². The lowest BCUT2D eigenvalue weighted by molar-refractivity contribution is -0.384. The fourth-order valence-electron chi connectivity index (χ4n) is 1.80. The Hall–Kier alpha value is -1.79. The highest BCUT2D eigenvalue weighted by Crippen LogP contribution is 2.26. The van der Waals surface area contributed by atoms with Crippen molar-refractivity contribution < 1.29 is 4.92 Å². The number of aromatic nitrogens is 1. The Bertz CT molecular complexity index is 615. The molecule has 2 rings (SSSR count). The van der Waals surface area contributed by atoms with Gasteiger partial charge >= 0.3 is 0 Å². The average molecular weight is 305 g/mol. The topological polar surface area (TPSA) is 68.1 Å². The van der Waals surface area contributed by atoms with Crippen LogP contribution in [-0.2, 0) is 18.5 Å². The van der Waals surface area contributed by atoms with Crippen LogP contribution in [0.15, 0.2) is 30.5 Å². The number of nitrogens with zero attached hydrogens (tertiary/aromatic N) is 2. The lowest BCUT2D eigenvalue weighted by atomic mass is 9.98. The summed E-state index contributed by atoms with van der Waals surface area (Å²) < 4.78 is 0. The molecule has 0 aliphatic carbocycles. The maximum Gasteiger partial charge on any atom is 0.269 e. The molecular weight excluding hydrogens is 286 g/mol. The summed E-state index contributed by atoms with van der Waals surface area (Å²) in [4.78, 5) is 15.8. The Morgan fingerprint density at radius 1 is 1.24 bits per heavy atom. The van der Waals surface area contributed by atoms with Gasteiger partial charge in [-0.05, 0) is 5.56 Å². The van der Waals surface area contributed by atoms with Crippen molar-refractivity contribution in [2.24, 2.45) is 0 Å². The third-order valence-corrected chi connectivity index (χ3v) is 4.39. The third-order valence-electron chi connectivity index (χ3n) is 2.97. The Balaban J connectivity index is 1.86. The SMILES string of the molecule is CC(C)(C)c1ncc(CNCc2ccc([N+](=O)[O-])cc2)s1. The summed E-state index contributed by atoms with van der Waals surface area (Å²) in [6.07, 6.45) is 1.91. The Morgan fingerprint density at radius 3 is 2.43 bits per heavy atom. The first-order valence-electron chi connectivity index (χ1n) is 6.75. The molecule has 0 aliphatic heterocycles. The van der Waals surface area contributed by atoms with Crippen LogP contribution in [0.1, 0.15) is 36.2 Å². The van der Waals surface area contributed by atoms with Crippen molar-refractivity contribution in [2.75, 3.05) is 0 Å². The first-order valence-corrected chi connectivity index (χ1v) is 7.57. The normalized spacial score (nSPS) is 11.6. The lowest BCUT2D eigenvalue weighted by Gasteiger charge is -2.13. The number of rotatable bonds is 5. The second-order valence-electron chi connectivity index (χ2n) is 5.91. The minimum Gasteiger partial charge on any atom is -0.308 e. The van der Waals surface area contributed by atoms with Gasteiger partial charge in [-0.25, -0.2) is 4.98 Å². The van der Waals surface area contributed by atoms with Crippen LogP contribution in [0.5, 0.6) is 0 Å². The molecule has 0 atom stereocenters. The third kappa shape index (κ3) is 4.34. The minimum absolute atomic E-state index is 0.0846. The molecule has 112 valence electrons. The summed E-state index contributed by atoms with van der Waals surface area (Å²) in [6.45, 7) is 7.89. The summed E-state index contributed by atoms with van der Waals surface area (Å²) in [5.74, 6) is 0. The zero-order chi connectivity index (χ0) is 15.5. The van der Waals surface area contributed by atoms with E-state index in [0.717, 1.165) is 17.1 Å². The first-order chi connectivity index (χ1) is 9.86. The number of hydrogen-bond donors (Lipinski definition) is 1. The van der Waals surface area contributed by atoms with Crippen molar-refractivity contribution in [3.63, 3.8) is 0 Å². The molecule has 1 heterocycles. The largest absolute Gasteiger partial charge is 0.308 e. The van der Waals surface area contributed by atoms with Gasteiger partial charge in [0.15, 0.2) is 0 Å². The van der Waals surface area contributed by atoms with Crippen LogP contribution < -0.4 is 5.32 Å². The van der Waals surface area contributed by atoms with Gasteiger partial charge in [-0.15, -0.1) is 11.3 Å². The maximum atomic E-state index is 10.6. The molecule has 1 aromatic carbocycles. The quantitative estimate of drug-likeness (QED) is 0.676. The fourth-order valence-corrected chi connectivity index (χ4v) is 2.74. The Labute approximate surface area is 128 Å². The summed E-state index contributed by atoms with van der Waals surface area (Å²) in [6, 6.07) is 6.61. The number of nitrogens with one attached hydrogen (secondary N) is 1. The monoisotopic (exact) mass is 305 g/mol. The maximum absolute atomic E-state index is 10.6. The van der Waals surface area contributed by atoms with Gasteiger partial charge in [0.2, 0.25) is 0 Å². The Morgan fingerprint density at radius 2 is 1.90 bits per heavy atom. The van der Waals surface area contributed by atoms with Crippen LogP contribution in [-0.4, -0.2) is 9.91 Å². The lowest BCUT2D eigenvalue weighted by Crippen LogP contribution is -2.11. The molecule has 0 amide bonds. The second kappa shape index (κ2) is 6.32. The van der Waals surface area contributed by atoms with Gasteiger partial charge in [-0.2, -0.15) is 0 Å². The fraction of sp³-hybridized carbons (Fsp3) is 0.400. The van der Waals surface area contributed by atoms with E-state index in [2.05, 4.69) is 31.1 Å². The molecule has 0 saturated carbocycles. The van der Waals surface area contributed by atoms with Gasteiger partial charge in [-0.1, -0.05) is 32.9 Å². The van der Waals surface area contributed by atoms with Crippen molar-refractivity contribution in [3.05, 3.63) is 56.0 Å². The predicted octanol–water partition coefficient (Wildman–Crippen LogP) is 3.64. The molecule has 0 saturated heterocycles. The molecular formula is C15H19N3O2S. The molecule has 0 aliphatic rings. The van der Waals surface area contributed by atoms with Crippen molar-refractivity contribution in [2.45, 2.75) is 39.3 Å². The molecule has 0 spiro atoms. The van der Waals surface area contributed by atoms with Gasteiger partial charge in [0.05, 0.1) is 9.93 Å². The van der Waals surface area contributed by atoms with E-state index < -0.39 is 0 Å². The summed E-state index contributed by atoms with van der Waals surface area (Å²) >= 11 is 1.72. The van der Waals surface area contributed by atoms with Gasteiger partial charge in [-0.3, -0.25) is 10.1 Å². The van der Waals surface area contributed by atoms with E-state index in [0.29, 0.717) is 6.54 Å². The van der Waals surface area contributed by atoms with Gasteiger partial charge in [0, 0.05) is 41.7 Å². The molecule has 0 fully saturated rings.